The molecule has 15 heavy (non-hydrogen) atoms. The molecule has 0 heterocycles. The Morgan fingerprint density at radius 1 is 1.53 bits per heavy atom. The lowest BCUT2D eigenvalue weighted by Gasteiger charge is -2.09. The van der Waals surface area contributed by atoms with E-state index in [9.17, 15) is 4.79 Å². The zero-order valence-corrected chi connectivity index (χ0v) is 9.46. The fraction of sp³-hybridized carbons (Fsp3) is 0.364. The highest BCUT2D eigenvalue weighted by atomic mass is 32.2. The van der Waals surface area contributed by atoms with Crippen molar-refractivity contribution in [1.82, 2.24) is 0 Å². The van der Waals surface area contributed by atoms with E-state index in [1.54, 1.807) is 23.9 Å². The lowest BCUT2D eigenvalue weighted by atomic mass is 10.1. The van der Waals surface area contributed by atoms with Gasteiger partial charge in [-0.05, 0) is 11.6 Å². The fourth-order valence-corrected chi connectivity index (χ4v) is 1.99. The Kier molecular flexibility index (Phi) is 4.65. The zero-order valence-electron chi connectivity index (χ0n) is 8.64. The van der Waals surface area contributed by atoms with Gasteiger partial charge in [-0.15, -0.1) is 0 Å². The molecule has 0 aliphatic heterocycles. The largest absolute Gasteiger partial charge is 0.395 e. The summed E-state index contributed by atoms with van der Waals surface area (Å²) >= 11 is 1.60. The summed E-state index contributed by atoms with van der Waals surface area (Å²) in [6.45, 7) is 2.08. The lowest BCUT2D eigenvalue weighted by molar-refractivity contribution is 0.0999. The van der Waals surface area contributed by atoms with E-state index in [-0.39, 0.29) is 11.9 Å². The fourth-order valence-electron chi connectivity index (χ4n) is 1.17. The van der Waals surface area contributed by atoms with Gasteiger partial charge in [-0.3, -0.25) is 4.79 Å². The molecular weight excluding hydrogens is 210 g/mol. The van der Waals surface area contributed by atoms with E-state index in [0.717, 1.165) is 5.56 Å². The van der Waals surface area contributed by atoms with Crippen LogP contribution in [-0.4, -0.2) is 22.9 Å². The van der Waals surface area contributed by atoms with Crippen molar-refractivity contribution in [3.63, 3.8) is 0 Å². The highest BCUT2D eigenvalue weighted by Gasteiger charge is 2.08. The first-order valence-corrected chi connectivity index (χ1v) is 5.80. The van der Waals surface area contributed by atoms with Gasteiger partial charge in [0.25, 0.3) is 0 Å². The Balaban J connectivity index is 2.72. The second kappa shape index (κ2) is 5.78. The average molecular weight is 225 g/mol. The highest BCUT2D eigenvalue weighted by molar-refractivity contribution is 7.99. The second-order valence-electron chi connectivity index (χ2n) is 3.33. The number of hydrogen-bond donors (Lipinski definition) is 2. The minimum Gasteiger partial charge on any atom is -0.395 e. The molecule has 1 rings (SSSR count). The van der Waals surface area contributed by atoms with Gasteiger partial charge in [-0.1, -0.05) is 25.1 Å². The Bertz CT molecular complexity index is 341. The van der Waals surface area contributed by atoms with E-state index in [2.05, 4.69) is 0 Å². The van der Waals surface area contributed by atoms with Crippen LogP contribution >= 0.6 is 11.8 Å². The SMILES string of the molecule is CC(CO)SCc1ccccc1C(N)=O. The van der Waals surface area contributed by atoms with Crippen LogP contribution in [0.1, 0.15) is 22.8 Å². The van der Waals surface area contributed by atoms with Crippen molar-refractivity contribution in [3.05, 3.63) is 35.4 Å². The van der Waals surface area contributed by atoms with Crippen molar-refractivity contribution in [2.24, 2.45) is 5.73 Å². The molecule has 0 aliphatic rings. The molecule has 3 N–H and O–H groups in total. The molecule has 0 spiro atoms. The summed E-state index contributed by atoms with van der Waals surface area (Å²) in [5.41, 5.74) is 6.75. The summed E-state index contributed by atoms with van der Waals surface area (Å²) in [7, 11) is 0. The first-order valence-electron chi connectivity index (χ1n) is 4.75. The number of carbonyl (C=O) groups is 1. The second-order valence-corrected chi connectivity index (χ2v) is 4.75. The van der Waals surface area contributed by atoms with Gasteiger partial charge >= 0.3 is 0 Å². The molecule has 0 fully saturated rings. The van der Waals surface area contributed by atoms with Crippen LogP contribution < -0.4 is 5.73 Å². The number of benzene rings is 1. The summed E-state index contributed by atoms with van der Waals surface area (Å²) in [6, 6.07) is 7.29. The van der Waals surface area contributed by atoms with E-state index in [1.807, 2.05) is 19.1 Å². The Morgan fingerprint density at radius 3 is 2.80 bits per heavy atom. The monoisotopic (exact) mass is 225 g/mol. The molecule has 1 aromatic rings. The van der Waals surface area contributed by atoms with Gasteiger partial charge < -0.3 is 10.8 Å². The maximum atomic E-state index is 11.1. The molecule has 0 aliphatic carbocycles. The van der Waals surface area contributed by atoms with Crippen LogP contribution in [0.4, 0.5) is 0 Å². The predicted octanol–water partition coefficient (Wildman–Crippen LogP) is 1.40. The van der Waals surface area contributed by atoms with E-state index >= 15 is 0 Å². The molecule has 1 atom stereocenters. The van der Waals surface area contributed by atoms with Crippen molar-refractivity contribution in [1.29, 1.82) is 0 Å². The topological polar surface area (TPSA) is 63.3 Å². The molecule has 82 valence electrons. The smallest absolute Gasteiger partial charge is 0.249 e. The number of aliphatic hydroxyl groups excluding tert-OH is 1. The van der Waals surface area contributed by atoms with Gasteiger partial charge in [0.1, 0.15) is 0 Å². The number of hydrogen-bond acceptors (Lipinski definition) is 3. The molecule has 0 saturated heterocycles. The van der Waals surface area contributed by atoms with Crippen molar-refractivity contribution in [2.45, 2.75) is 17.9 Å². The number of primary amides is 1. The van der Waals surface area contributed by atoms with Gasteiger partial charge in [-0.2, -0.15) is 11.8 Å². The van der Waals surface area contributed by atoms with Crippen LogP contribution in [0.3, 0.4) is 0 Å². The number of rotatable bonds is 5. The van der Waals surface area contributed by atoms with Gasteiger partial charge in [0.15, 0.2) is 0 Å². The number of amides is 1. The summed E-state index contributed by atoms with van der Waals surface area (Å²) in [6.07, 6.45) is 0. The number of nitrogens with two attached hydrogens (primary N) is 1. The molecule has 0 aromatic heterocycles. The zero-order chi connectivity index (χ0) is 11.3. The lowest BCUT2D eigenvalue weighted by Crippen LogP contribution is -2.13. The summed E-state index contributed by atoms with van der Waals surface area (Å²) in [5, 5.41) is 9.05. The van der Waals surface area contributed by atoms with E-state index in [1.165, 1.54) is 0 Å². The number of carbonyl (C=O) groups excluding carboxylic acids is 1. The van der Waals surface area contributed by atoms with E-state index < -0.39 is 5.91 Å². The molecule has 4 heteroatoms. The molecule has 1 amide bonds. The van der Waals surface area contributed by atoms with E-state index in [0.29, 0.717) is 11.3 Å². The third kappa shape index (κ3) is 3.57. The minimum atomic E-state index is -0.400. The minimum absolute atomic E-state index is 0.142. The highest BCUT2D eigenvalue weighted by Crippen LogP contribution is 2.19. The Morgan fingerprint density at radius 2 is 2.20 bits per heavy atom. The summed E-state index contributed by atoms with van der Waals surface area (Å²) in [4.78, 5) is 11.1. The molecule has 0 bridgehead atoms. The third-order valence-corrected chi connectivity index (χ3v) is 3.26. The van der Waals surface area contributed by atoms with Crippen LogP contribution in [0.15, 0.2) is 24.3 Å². The van der Waals surface area contributed by atoms with Crippen LogP contribution in [0.2, 0.25) is 0 Å². The van der Waals surface area contributed by atoms with Gasteiger partial charge in [0.05, 0.1) is 6.61 Å². The first-order chi connectivity index (χ1) is 7.15. The third-order valence-electron chi connectivity index (χ3n) is 2.06. The molecule has 1 aromatic carbocycles. The quantitative estimate of drug-likeness (QED) is 0.796. The van der Waals surface area contributed by atoms with Crippen LogP contribution in [0, 0.1) is 0 Å². The first kappa shape index (κ1) is 12.1. The molecule has 0 radical (unpaired) electrons. The molecule has 3 nitrogen and oxygen atoms in total. The van der Waals surface area contributed by atoms with Gasteiger partial charge in [0, 0.05) is 16.6 Å². The summed E-state index contributed by atoms with van der Waals surface area (Å²) < 4.78 is 0. The molecule has 0 saturated carbocycles. The van der Waals surface area contributed by atoms with Gasteiger partial charge in [0.2, 0.25) is 5.91 Å². The van der Waals surface area contributed by atoms with E-state index in [4.69, 9.17) is 10.8 Å². The molecule has 1 unspecified atom stereocenters. The Hall–Kier alpha value is -1.00. The standard InChI is InChI=1S/C11H15NO2S/c1-8(6-13)15-7-9-4-2-3-5-10(9)11(12)14/h2-5,8,13H,6-7H2,1H3,(H2,12,14). The van der Waals surface area contributed by atoms with Crippen molar-refractivity contribution < 1.29 is 9.90 Å². The van der Waals surface area contributed by atoms with Crippen LogP contribution in [-0.2, 0) is 5.75 Å². The summed E-state index contributed by atoms with van der Waals surface area (Å²) in [5.74, 6) is 0.295. The van der Waals surface area contributed by atoms with Crippen LogP contribution in [0.5, 0.6) is 0 Å². The normalized spacial score (nSPS) is 12.4. The number of aliphatic hydroxyl groups is 1. The van der Waals surface area contributed by atoms with Crippen molar-refractivity contribution >= 4 is 17.7 Å². The van der Waals surface area contributed by atoms with Crippen molar-refractivity contribution in [2.75, 3.05) is 6.61 Å². The van der Waals surface area contributed by atoms with Crippen LogP contribution in [0.25, 0.3) is 0 Å². The predicted molar refractivity (Wildman–Crippen MR) is 62.8 cm³/mol. The Labute approximate surface area is 93.7 Å². The number of thioether (sulfide) groups is 1. The molecular formula is C11H15NO2S. The maximum Gasteiger partial charge on any atom is 0.249 e. The van der Waals surface area contributed by atoms with Crippen molar-refractivity contribution in [3.8, 4) is 0 Å². The van der Waals surface area contributed by atoms with Gasteiger partial charge in [-0.25, -0.2) is 0 Å². The average Bonchev–Trinajstić information content (AvgIpc) is 2.26. The maximum absolute atomic E-state index is 11.1.